The van der Waals surface area contributed by atoms with Crippen LogP contribution in [0.4, 0.5) is 4.39 Å². The molecule has 0 radical (unpaired) electrons. The van der Waals surface area contributed by atoms with Crippen molar-refractivity contribution in [1.82, 2.24) is 0 Å². The van der Waals surface area contributed by atoms with Gasteiger partial charge in [-0.05, 0) is 43.7 Å². The van der Waals surface area contributed by atoms with Crippen LogP contribution >= 0.6 is 0 Å². The summed E-state index contributed by atoms with van der Waals surface area (Å²) in [7, 11) is -0.804. The van der Waals surface area contributed by atoms with Crippen LogP contribution in [0.15, 0.2) is 18.2 Å². The number of benzene rings is 1. The van der Waals surface area contributed by atoms with Crippen molar-refractivity contribution in [3.05, 3.63) is 35.1 Å². The van der Waals surface area contributed by atoms with Gasteiger partial charge in [0.05, 0.1) is 5.60 Å². The van der Waals surface area contributed by atoms with Crippen LogP contribution in [0.25, 0.3) is 0 Å². The van der Waals surface area contributed by atoms with Gasteiger partial charge in [-0.2, -0.15) is 0 Å². The third kappa shape index (κ3) is 2.56. The molecule has 0 amide bonds. The molecule has 2 saturated heterocycles. The Balaban J connectivity index is 1.83. The van der Waals surface area contributed by atoms with E-state index in [4.69, 9.17) is 0 Å². The molecule has 0 saturated carbocycles. The molecule has 2 aliphatic rings. The molecule has 1 aromatic carbocycles. The molecular formula is C16H21FO2S. The van der Waals surface area contributed by atoms with Gasteiger partial charge in [-0.1, -0.05) is 24.6 Å². The molecule has 1 aromatic rings. The predicted octanol–water partition coefficient (Wildman–Crippen LogP) is 2.87. The molecule has 2 atom stereocenters. The molecule has 20 heavy (non-hydrogen) atoms. The third-order valence-electron chi connectivity index (χ3n) is 4.72. The molecular weight excluding hydrogens is 275 g/mol. The smallest absolute Gasteiger partial charge is 0.129 e. The van der Waals surface area contributed by atoms with Crippen molar-refractivity contribution in [3.8, 4) is 0 Å². The zero-order chi connectivity index (χ0) is 14.3. The van der Waals surface area contributed by atoms with Gasteiger partial charge in [0.25, 0.3) is 0 Å². The summed E-state index contributed by atoms with van der Waals surface area (Å²) in [5.41, 5.74) is 0.308. The molecule has 0 aliphatic carbocycles. The second-order valence-corrected chi connectivity index (χ2v) is 8.35. The lowest BCUT2D eigenvalue weighted by molar-refractivity contribution is 0.0107. The summed E-state index contributed by atoms with van der Waals surface area (Å²) in [6, 6.07) is 5.33. The van der Waals surface area contributed by atoms with Crippen LogP contribution in [0.3, 0.4) is 0 Å². The number of hydrogen-bond acceptors (Lipinski definition) is 2. The van der Waals surface area contributed by atoms with Gasteiger partial charge in [-0.3, -0.25) is 4.21 Å². The molecule has 2 heterocycles. The highest BCUT2D eigenvalue weighted by Crippen LogP contribution is 2.41. The maximum atomic E-state index is 14.1. The van der Waals surface area contributed by atoms with Crippen molar-refractivity contribution in [2.45, 2.75) is 61.5 Å². The Labute approximate surface area is 121 Å². The molecule has 0 aromatic heterocycles. The molecule has 2 fully saturated rings. The minimum Gasteiger partial charge on any atom is -0.389 e. The van der Waals surface area contributed by atoms with Crippen LogP contribution in [-0.2, 0) is 17.2 Å². The molecule has 2 aliphatic heterocycles. The molecule has 2 nitrogen and oxygen atoms in total. The van der Waals surface area contributed by atoms with Crippen molar-refractivity contribution in [2.24, 2.45) is 0 Å². The van der Waals surface area contributed by atoms with E-state index in [1.54, 1.807) is 19.1 Å². The fraction of sp³-hybridized carbons (Fsp3) is 0.625. The van der Waals surface area contributed by atoms with Crippen LogP contribution in [0.2, 0.25) is 0 Å². The fourth-order valence-corrected chi connectivity index (χ4v) is 6.01. The topological polar surface area (TPSA) is 37.3 Å². The van der Waals surface area contributed by atoms with E-state index in [1.807, 2.05) is 6.07 Å². The molecule has 3 rings (SSSR count). The van der Waals surface area contributed by atoms with E-state index in [0.717, 1.165) is 19.3 Å². The van der Waals surface area contributed by atoms with Gasteiger partial charge in [0.2, 0.25) is 0 Å². The first kappa shape index (κ1) is 14.2. The van der Waals surface area contributed by atoms with Crippen LogP contribution in [0.1, 0.15) is 43.2 Å². The maximum Gasteiger partial charge on any atom is 0.129 e. The lowest BCUT2D eigenvalue weighted by atomic mass is 9.81. The van der Waals surface area contributed by atoms with E-state index in [2.05, 4.69) is 0 Å². The first-order valence-corrected chi connectivity index (χ1v) is 8.62. The Morgan fingerprint density at radius 1 is 1.35 bits per heavy atom. The molecule has 2 bridgehead atoms. The van der Waals surface area contributed by atoms with Gasteiger partial charge in [0.15, 0.2) is 0 Å². The van der Waals surface area contributed by atoms with Crippen LogP contribution in [0, 0.1) is 12.7 Å². The first-order valence-electron chi connectivity index (χ1n) is 7.34. The Kier molecular flexibility index (Phi) is 3.71. The van der Waals surface area contributed by atoms with Crippen molar-refractivity contribution in [3.63, 3.8) is 0 Å². The average molecular weight is 296 g/mol. The highest BCUT2D eigenvalue weighted by Gasteiger charge is 2.45. The summed E-state index contributed by atoms with van der Waals surface area (Å²) in [4.78, 5) is 0. The predicted molar refractivity (Wildman–Crippen MR) is 78.6 cm³/mol. The minimum absolute atomic E-state index is 0.0976. The van der Waals surface area contributed by atoms with E-state index in [1.165, 1.54) is 0 Å². The number of aryl methyl sites for hydroxylation is 1. The number of fused-ring (bicyclic) bond motifs is 2. The molecule has 0 spiro atoms. The summed E-state index contributed by atoms with van der Waals surface area (Å²) in [5.74, 6) is -0.210. The second kappa shape index (κ2) is 5.23. The van der Waals surface area contributed by atoms with E-state index in [-0.39, 0.29) is 16.3 Å². The third-order valence-corrected chi connectivity index (χ3v) is 6.83. The van der Waals surface area contributed by atoms with Crippen molar-refractivity contribution < 1.29 is 13.7 Å². The Morgan fingerprint density at radius 2 is 2.00 bits per heavy atom. The summed E-state index contributed by atoms with van der Waals surface area (Å²) < 4.78 is 26.3. The largest absolute Gasteiger partial charge is 0.389 e. The summed E-state index contributed by atoms with van der Waals surface area (Å²) >= 11 is 0. The highest BCUT2D eigenvalue weighted by molar-refractivity contribution is 7.86. The number of rotatable bonds is 2. The average Bonchev–Trinajstić information content (AvgIpc) is 2.37. The summed E-state index contributed by atoms with van der Waals surface area (Å²) in [6.07, 6.45) is 4.40. The van der Waals surface area contributed by atoms with E-state index in [0.29, 0.717) is 30.4 Å². The van der Waals surface area contributed by atoms with E-state index < -0.39 is 16.4 Å². The monoisotopic (exact) mass is 296 g/mol. The first-order chi connectivity index (χ1) is 9.48. The Hall–Kier alpha value is -0.740. The van der Waals surface area contributed by atoms with Gasteiger partial charge in [-0.25, -0.2) is 4.39 Å². The Bertz CT molecular complexity index is 527. The lowest BCUT2D eigenvalue weighted by Gasteiger charge is -2.43. The van der Waals surface area contributed by atoms with Crippen LogP contribution in [-0.4, -0.2) is 25.4 Å². The molecule has 4 heteroatoms. The van der Waals surface area contributed by atoms with Gasteiger partial charge >= 0.3 is 0 Å². The van der Waals surface area contributed by atoms with Gasteiger partial charge < -0.3 is 5.11 Å². The Morgan fingerprint density at radius 3 is 2.65 bits per heavy atom. The number of hydrogen-bond donors (Lipinski definition) is 1. The SMILES string of the molecule is Cc1cccc(CC2(O)CC3CCCC(C2)S3=O)c1F. The van der Waals surface area contributed by atoms with Crippen molar-refractivity contribution in [2.75, 3.05) is 0 Å². The molecule has 110 valence electrons. The summed E-state index contributed by atoms with van der Waals surface area (Å²) in [6.45, 7) is 1.74. The number of aliphatic hydroxyl groups is 1. The standard InChI is InChI=1S/C16H21FO2S/c1-11-4-2-5-12(15(11)17)8-16(18)9-13-6-3-7-14(10-16)20(13)19/h2,4-5,13-14,18H,3,6-10H2,1H3. The summed E-state index contributed by atoms with van der Waals surface area (Å²) in [5, 5.41) is 11.1. The molecule has 1 N–H and O–H groups in total. The highest BCUT2D eigenvalue weighted by atomic mass is 32.2. The van der Waals surface area contributed by atoms with Gasteiger partial charge in [-0.15, -0.1) is 0 Å². The zero-order valence-corrected chi connectivity index (χ0v) is 12.6. The minimum atomic E-state index is -0.891. The van der Waals surface area contributed by atoms with Gasteiger partial charge in [0.1, 0.15) is 5.82 Å². The normalized spacial score (nSPS) is 36.9. The van der Waals surface area contributed by atoms with Gasteiger partial charge in [0, 0.05) is 27.7 Å². The molecule has 2 unspecified atom stereocenters. The lowest BCUT2D eigenvalue weighted by Crippen LogP contribution is -2.50. The van der Waals surface area contributed by atoms with E-state index >= 15 is 0 Å². The van der Waals surface area contributed by atoms with Crippen molar-refractivity contribution >= 4 is 10.8 Å². The zero-order valence-electron chi connectivity index (χ0n) is 11.8. The van der Waals surface area contributed by atoms with Crippen molar-refractivity contribution in [1.29, 1.82) is 0 Å². The fourth-order valence-electron chi connectivity index (χ4n) is 3.72. The quantitative estimate of drug-likeness (QED) is 0.911. The number of halogens is 1. The maximum absolute atomic E-state index is 14.1. The van der Waals surface area contributed by atoms with Crippen LogP contribution in [0.5, 0.6) is 0 Å². The second-order valence-electron chi connectivity index (χ2n) is 6.36. The van der Waals surface area contributed by atoms with Crippen LogP contribution < -0.4 is 0 Å². The van der Waals surface area contributed by atoms with E-state index in [9.17, 15) is 13.7 Å².